The summed E-state index contributed by atoms with van der Waals surface area (Å²) >= 11 is 0. The second-order valence-corrected chi connectivity index (χ2v) is 22.6. The number of nitro benzene ring substituents is 1. The molecule has 2 aliphatic heterocycles. The van der Waals surface area contributed by atoms with Crippen LogP contribution in [0.2, 0.25) is 22.2 Å². The number of carbonyl (C=O) groups excluding carboxylic acids is 1. The Morgan fingerprint density at radius 3 is 2.34 bits per heavy atom. The number of aromatic nitrogens is 4. The van der Waals surface area contributed by atoms with E-state index in [-0.39, 0.29) is 76.4 Å². The smallest absolute Gasteiger partial charge is 0.335 e. The predicted octanol–water partition coefficient (Wildman–Crippen LogP) is 5.91. The Kier molecular flexibility index (Phi) is 11.3. The molecule has 16 nitrogen and oxygen atoms in total. The Labute approximate surface area is 293 Å². The molecule has 0 amide bonds. The number of hydrogen-bond acceptors (Lipinski definition) is 14. The van der Waals surface area contributed by atoms with Gasteiger partial charge in [-0.25, -0.2) is 9.78 Å². The first kappa shape index (κ1) is 37.7. The van der Waals surface area contributed by atoms with Crippen molar-refractivity contribution >= 4 is 45.9 Å². The van der Waals surface area contributed by atoms with E-state index in [9.17, 15) is 14.9 Å². The minimum absolute atomic E-state index is 0.0300. The first-order chi connectivity index (χ1) is 23.6. The highest BCUT2D eigenvalue weighted by Crippen LogP contribution is 2.49. The Hall–Kier alpha value is -3.53. The average molecular weight is 733 g/mol. The third-order valence-electron chi connectivity index (χ3n) is 9.27. The van der Waals surface area contributed by atoms with E-state index in [0.717, 1.165) is 0 Å². The number of imidazole rings is 1. The van der Waals surface area contributed by atoms with Crippen LogP contribution in [-0.4, -0.2) is 85.7 Å². The highest BCUT2D eigenvalue weighted by molar-refractivity contribution is 6.84. The van der Waals surface area contributed by atoms with Gasteiger partial charge in [-0.05, 0) is 35.2 Å². The molecule has 2 fully saturated rings. The molecule has 5 rings (SSSR count). The van der Waals surface area contributed by atoms with E-state index in [1.54, 1.807) is 17.6 Å². The zero-order chi connectivity index (χ0) is 36.5. The zero-order valence-electron chi connectivity index (χ0n) is 30.0. The fourth-order valence-electron chi connectivity index (χ4n) is 6.85. The van der Waals surface area contributed by atoms with Crippen molar-refractivity contribution in [3.05, 3.63) is 40.7 Å². The van der Waals surface area contributed by atoms with Gasteiger partial charge in [0.2, 0.25) is 11.7 Å². The van der Waals surface area contributed by atoms with Crippen LogP contribution in [0.4, 0.5) is 11.6 Å². The van der Waals surface area contributed by atoms with Gasteiger partial charge in [-0.15, -0.1) is 0 Å². The lowest BCUT2D eigenvalue weighted by atomic mass is 10.1. The quantitative estimate of drug-likeness (QED) is 0.0999. The summed E-state index contributed by atoms with van der Waals surface area (Å²) in [5.74, 6) is -0.839. The monoisotopic (exact) mass is 732 g/mol. The molecule has 0 spiro atoms. The van der Waals surface area contributed by atoms with Gasteiger partial charge < -0.3 is 37.6 Å². The molecule has 274 valence electrons. The number of rotatable bonds is 12. The van der Waals surface area contributed by atoms with E-state index >= 15 is 0 Å². The maximum absolute atomic E-state index is 12.6. The molecule has 2 aromatic heterocycles. The summed E-state index contributed by atoms with van der Waals surface area (Å²) in [7, 11) is -5.99. The predicted molar refractivity (Wildman–Crippen MR) is 187 cm³/mol. The molecule has 0 saturated carbocycles. The highest BCUT2D eigenvalue weighted by Gasteiger charge is 2.62. The van der Waals surface area contributed by atoms with Gasteiger partial charge in [0.25, 0.3) is 5.88 Å². The molecule has 4 atom stereocenters. The highest BCUT2D eigenvalue weighted by atomic mass is 28.5. The number of carbonyl (C=O) groups is 1. The largest absolute Gasteiger partial charge is 0.464 e. The molecular formula is C32H48N6O10Si2. The molecule has 1 aromatic carbocycles. The van der Waals surface area contributed by atoms with E-state index in [1.165, 1.54) is 24.5 Å². The van der Waals surface area contributed by atoms with Crippen molar-refractivity contribution in [2.75, 3.05) is 25.6 Å². The van der Waals surface area contributed by atoms with E-state index in [0.29, 0.717) is 0 Å². The van der Waals surface area contributed by atoms with Crippen LogP contribution in [0.1, 0.15) is 68.5 Å². The van der Waals surface area contributed by atoms with Crippen LogP contribution >= 0.6 is 0 Å². The number of benzene rings is 1. The summed E-state index contributed by atoms with van der Waals surface area (Å²) in [4.78, 5) is 36.9. The van der Waals surface area contributed by atoms with Crippen LogP contribution in [-0.2, 0) is 32.0 Å². The lowest BCUT2D eigenvalue weighted by molar-refractivity contribution is -0.385. The summed E-state index contributed by atoms with van der Waals surface area (Å²) in [6, 6.07) is 5.90. The van der Waals surface area contributed by atoms with Gasteiger partial charge in [0, 0.05) is 6.07 Å². The van der Waals surface area contributed by atoms with Crippen molar-refractivity contribution < 1.29 is 41.6 Å². The van der Waals surface area contributed by atoms with Gasteiger partial charge >= 0.3 is 28.8 Å². The van der Waals surface area contributed by atoms with Crippen molar-refractivity contribution in [1.29, 1.82) is 0 Å². The second-order valence-electron chi connectivity index (χ2n) is 13.7. The van der Waals surface area contributed by atoms with E-state index in [4.69, 9.17) is 37.6 Å². The molecular weight excluding hydrogens is 685 g/mol. The molecule has 0 aliphatic carbocycles. The molecule has 2 saturated heterocycles. The van der Waals surface area contributed by atoms with E-state index in [1.807, 2.05) is 0 Å². The molecule has 2 aliphatic rings. The summed E-state index contributed by atoms with van der Waals surface area (Å²) in [5.41, 5.74) is 6.59. The molecule has 2 N–H and O–H groups in total. The van der Waals surface area contributed by atoms with Crippen molar-refractivity contribution in [3.8, 4) is 11.6 Å². The van der Waals surface area contributed by atoms with Crippen LogP contribution in [0, 0.1) is 10.1 Å². The van der Waals surface area contributed by atoms with Gasteiger partial charge in [0.1, 0.15) is 24.9 Å². The third kappa shape index (κ3) is 7.01. The topological polar surface area (TPSA) is 194 Å². The van der Waals surface area contributed by atoms with Crippen molar-refractivity contribution in [3.63, 3.8) is 0 Å². The Balaban J connectivity index is 1.62. The lowest BCUT2D eigenvalue weighted by Gasteiger charge is -2.51. The SMILES string of the molecule is CCOC(=O)CO[C@@H]1[C@@H]2O[Si](C(C)C)(C(C)C)O[Si](C(C)C)(C(C)C)OC[C@H]2O[C@H]1n1cnc2c(Oc3ccccc3[N+](=O)[O-])nc(N)nc21. The Morgan fingerprint density at radius 1 is 1.06 bits per heavy atom. The van der Waals surface area contributed by atoms with E-state index in [2.05, 4.69) is 70.3 Å². The molecule has 4 heterocycles. The minimum atomic E-state index is -3.11. The summed E-state index contributed by atoms with van der Waals surface area (Å²) in [6.07, 6.45) is -1.66. The number of hydrogen-bond donors (Lipinski definition) is 1. The fourth-order valence-corrected chi connectivity index (χ4v) is 18.1. The first-order valence-corrected chi connectivity index (χ1v) is 20.9. The Morgan fingerprint density at radius 2 is 1.72 bits per heavy atom. The van der Waals surface area contributed by atoms with Crippen LogP contribution in [0.15, 0.2) is 30.6 Å². The number of nitrogen functional groups attached to an aromatic ring is 1. The third-order valence-corrected chi connectivity index (χ3v) is 19.5. The minimum Gasteiger partial charge on any atom is -0.464 e. The maximum Gasteiger partial charge on any atom is 0.335 e. The number of fused-ring (bicyclic) bond motifs is 2. The molecule has 18 heteroatoms. The normalized spacial score (nSPS) is 23.3. The number of nitrogens with two attached hydrogens (primary N) is 1. The zero-order valence-corrected chi connectivity index (χ0v) is 32.0. The number of esters is 1. The molecule has 50 heavy (non-hydrogen) atoms. The summed E-state index contributed by atoms with van der Waals surface area (Å²) in [6.45, 7) is 18.7. The van der Waals surface area contributed by atoms with Crippen molar-refractivity contribution in [2.24, 2.45) is 0 Å². The van der Waals surface area contributed by atoms with Crippen LogP contribution in [0.3, 0.4) is 0 Å². The van der Waals surface area contributed by atoms with Crippen molar-refractivity contribution in [2.45, 2.75) is 109 Å². The molecule has 0 bridgehead atoms. The average Bonchev–Trinajstić information content (AvgIpc) is 3.60. The second kappa shape index (κ2) is 15.0. The molecule has 0 unspecified atom stereocenters. The van der Waals surface area contributed by atoms with Crippen LogP contribution in [0.25, 0.3) is 11.2 Å². The lowest BCUT2D eigenvalue weighted by Crippen LogP contribution is -2.66. The maximum atomic E-state index is 12.6. The fraction of sp³-hybridized carbons (Fsp3) is 0.625. The van der Waals surface area contributed by atoms with Gasteiger partial charge in [0.05, 0.1) is 24.5 Å². The number of para-hydroxylation sites is 2. The van der Waals surface area contributed by atoms with E-state index < -0.39 is 52.6 Å². The summed E-state index contributed by atoms with van der Waals surface area (Å²) in [5, 5.41) is 11.7. The van der Waals surface area contributed by atoms with Crippen LogP contribution in [0.5, 0.6) is 11.6 Å². The molecule has 3 aromatic rings. The standard InChI is InChI=1S/C32H48N6O10Si2/c1-10-42-25(39)16-43-28-27-24(15-44-49(18(2)3,19(4)5)48-50(47-27,20(6)7)21(8)9)46-31(28)37-17-34-26-29(37)35-32(33)36-30(26)45-23-14-12-11-13-22(23)38(40)41/h11-14,17-21,24,27-28,31H,10,15-16H2,1-9H3,(H2,33,35,36)/t24-,27-,28-,31-/m1/s1. The van der Waals surface area contributed by atoms with Gasteiger partial charge in [-0.3, -0.25) is 14.7 Å². The number of nitrogens with zero attached hydrogens (tertiary/aromatic N) is 5. The number of ether oxygens (including phenoxy) is 4. The number of nitro groups is 1. The first-order valence-electron chi connectivity index (χ1n) is 17.0. The number of anilines is 1. The van der Waals surface area contributed by atoms with Gasteiger partial charge in [-0.1, -0.05) is 67.5 Å². The van der Waals surface area contributed by atoms with Crippen LogP contribution < -0.4 is 10.5 Å². The molecule has 0 radical (unpaired) electrons. The van der Waals surface area contributed by atoms with Crippen molar-refractivity contribution in [1.82, 2.24) is 19.5 Å². The summed E-state index contributed by atoms with van der Waals surface area (Å²) < 4.78 is 47.4. The van der Waals surface area contributed by atoms with Gasteiger partial charge in [-0.2, -0.15) is 9.97 Å². The van der Waals surface area contributed by atoms with Gasteiger partial charge in [0.15, 0.2) is 17.4 Å². The Bertz CT molecular complexity index is 1670.